The summed E-state index contributed by atoms with van der Waals surface area (Å²) in [5.41, 5.74) is 4.17. The summed E-state index contributed by atoms with van der Waals surface area (Å²) in [5, 5.41) is 6.19. The largest absolute Gasteiger partial charge is 0.358 e. The van der Waals surface area contributed by atoms with Crippen LogP contribution in [-0.2, 0) is 4.84 Å². The third-order valence-corrected chi connectivity index (χ3v) is 4.62. The summed E-state index contributed by atoms with van der Waals surface area (Å²) < 4.78 is 0. The fourth-order valence-corrected chi connectivity index (χ4v) is 3.05. The van der Waals surface area contributed by atoms with Gasteiger partial charge in [0.1, 0.15) is 0 Å². The van der Waals surface area contributed by atoms with Gasteiger partial charge < -0.3 is 15.1 Å². The normalized spacial score (nSPS) is 17.0. The van der Waals surface area contributed by atoms with Crippen molar-refractivity contribution >= 4 is 16.8 Å². The molecule has 0 saturated carbocycles. The van der Waals surface area contributed by atoms with Crippen LogP contribution in [0.15, 0.2) is 18.2 Å². The molecule has 22 heavy (non-hydrogen) atoms. The highest BCUT2D eigenvalue weighted by molar-refractivity contribution is 5.99. The number of H-pyrrole nitrogens is 1. The molecular formula is C17H23N3O2. The summed E-state index contributed by atoms with van der Waals surface area (Å²) in [6.45, 7) is 5.85. The van der Waals surface area contributed by atoms with Crippen LogP contribution < -0.4 is 5.32 Å². The molecule has 0 bridgehead atoms. The van der Waals surface area contributed by atoms with Crippen molar-refractivity contribution in [3.63, 3.8) is 0 Å². The van der Waals surface area contributed by atoms with Crippen molar-refractivity contribution in [2.75, 3.05) is 20.2 Å². The molecule has 1 fully saturated rings. The molecule has 2 heterocycles. The van der Waals surface area contributed by atoms with E-state index in [1.165, 1.54) is 5.56 Å². The molecule has 0 aliphatic carbocycles. The summed E-state index contributed by atoms with van der Waals surface area (Å²) in [7, 11) is 1.69. The van der Waals surface area contributed by atoms with Gasteiger partial charge in [-0.05, 0) is 50.5 Å². The van der Waals surface area contributed by atoms with Gasteiger partial charge in [0.25, 0.3) is 5.91 Å². The predicted octanol–water partition coefficient (Wildman–Crippen LogP) is 2.54. The van der Waals surface area contributed by atoms with Crippen LogP contribution in [0.5, 0.6) is 0 Å². The number of aromatic amines is 1. The van der Waals surface area contributed by atoms with Crippen LogP contribution >= 0.6 is 0 Å². The summed E-state index contributed by atoms with van der Waals surface area (Å²) >= 11 is 0. The molecule has 2 N–H and O–H groups in total. The summed E-state index contributed by atoms with van der Waals surface area (Å²) in [4.78, 5) is 21.0. The molecule has 0 radical (unpaired) electrons. The van der Waals surface area contributed by atoms with Crippen LogP contribution in [0.4, 0.5) is 0 Å². The van der Waals surface area contributed by atoms with Crippen molar-refractivity contribution in [3.8, 4) is 0 Å². The maximum atomic E-state index is 12.5. The fraction of sp³-hybridized carbons (Fsp3) is 0.471. The molecular weight excluding hydrogens is 278 g/mol. The predicted molar refractivity (Wildman–Crippen MR) is 86.8 cm³/mol. The number of hydroxylamine groups is 2. The Morgan fingerprint density at radius 1 is 1.32 bits per heavy atom. The summed E-state index contributed by atoms with van der Waals surface area (Å²) in [6.07, 6.45) is 1.84. The molecule has 5 heteroatoms. The molecule has 1 saturated heterocycles. The van der Waals surface area contributed by atoms with Gasteiger partial charge in [-0.25, -0.2) is 0 Å². The van der Waals surface area contributed by atoms with Crippen LogP contribution in [0.1, 0.15) is 34.5 Å². The van der Waals surface area contributed by atoms with Crippen LogP contribution in [0.25, 0.3) is 10.9 Å². The molecule has 118 valence electrons. The molecule has 1 aliphatic rings. The lowest BCUT2D eigenvalue weighted by atomic mass is 10.0. The van der Waals surface area contributed by atoms with Gasteiger partial charge in [0.05, 0.1) is 7.11 Å². The Kier molecular flexibility index (Phi) is 4.18. The number of aryl methyl sites for hydroxylation is 2. The number of nitrogens with one attached hydrogen (secondary N) is 2. The van der Waals surface area contributed by atoms with Gasteiger partial charge in [0.15, 0.2) is 0 Å². The molecule has 3 rings (SSSR count). The van der Waals surface area contributed by atoms with E-state index in [0.29, 0.717) is 0 Å². The first-order chi connectivity index (χ1) is 10.6. The number of carbonyl (C=O) groups excluding carboxylic acids is 1. The SMILES string of the molecule is CON1CCC(NC(=O)c2ccc3[nH]c(C)c(C)c3c2)CC1. The number of fused-ring (bicyclic) bond motifs is 1. The standard InChI is InChI=1S/C17H23N3O2/c1-11-12(2)18-16-5-4-13(10-15(11)16)17(21)19-14-6-8-20(22-3)9-7-14/h4-5,10,14,18H,6-9H2,1-3H3,(H,19,21). The van der Waals surface area contributed by atoms with E-state index in [2.05, 4.69) is 24.1 Å². The molecule has 0 spiro atoms. The second-order valence-corrected chi connectivity index (χ2v) is 5.99. The minimum atomic E-state index is 0.0102. The van der Waals surface area contributed by atoms with E-state index >= 15 is 0 Å². The lowest BCUT2D eigenvalue weighted by Crippen LogP contribution is -2.44. The minimum Gasteiger partial charge on any atom is -0.358 e. The molecule has 1 aliphatic heterocycles. The molecule has 0 atom stereocenters. The van der Waals surface area contributed by atoms with E-state index in [4.69, 9.17) is 4.84 Å². The maximum Gasteiger partial charge on any atom is 0.251 e. The van der Waals surface area contributed by atoms with E-state index in [9.17, 15) is 4.79 Å². The van der Waals surface area contributed by atoms with Crippen LogP contribution in [0, 0.1) is 13.8 Å². The molecule has 1 aromatic heterocycles. The first-order valence-electron chi connectivity index (χ1n) is 7.77. The van der Waals surface area contributed by atoms with Gasteiger partial charge >= 0.3 is 0 Å². The summed E-state index contributed by atoms with van der Waals surface area (Å²) in [6, 6.07) is 6.08. The lowest BCUT2D eigenvalue weighted by Gasteiger charge is -2.30. The van der Waals surface area contributed by atoms with Crippen LogP contribution in [0.3, 0.4) is 0 Å². The molecule has 1 aromatic carbocycles. The minimum absolute atomic E-state index is 0.0102. The van der Waals surface area contributed by atoms with Gasteiger partial charge in [-0.1, -0.05) is 0 Å². The van der Waals surface area contributed by atoms with Crippen molar-refractivity contribution in [2.45, 2.75) is 32.7 Å². The second kappa shape index (κ2) is 6.10. The van der Waals surface area contributed by atoms with Gasteiger partial charge in [0, 0.05) is 41.3 Å². The first-order valence-corrected chi connectivity index (χ1v) is 7.77. The second-order valence-electron chi connectivity index (χ2n) is 5.99. The third-order valence-electron chi connectivity index (χ3n) is 4.62. The Bertz CT molecular complexity index is 685. The number of amides is 1. The van der Waals surface area contributed by atoms with Gasteiger partial charge in [-0.3, -0.25) is 4.79 Å². The Hall–Kier alpha value is -1.85. The summed E-state index contributed by atoms with van der Waals surface area (Å²) in [5.74, 6) is 0.0102. The zero-order valence-electron chi connectivity index (χ0n) is 13.4. The number of benzene rings is 1. The van der Waals surface area contributed by atoms with Crippen molar-refractivity contribution < 1.29 is 9.63 Å². The Morgan fingerprint density at radius 2 is 2.05 bits per heavy atom. The number of nitrogens with zero attached hydrogens (tertiary/aromatic N) is 1. The number of aromatic nitrogens is 1. The average molecular weight is 301 g/mol. The Labute approximate surface area is 130 Å². The number of piperidine rings is 1. The van der Waals surface area contributed by atoms with Crippen molar-refractivity contribution in [2.24, 2.45) is 0 Å². The highest BCUT2D eigenvalue weighted by Gasteiger charge is 2.21. The highest BCUT2D eigenvalue weighted by Crippen LogP contribution is 2.22. The zero-order chi connectivity index (χ0) is 15.7. The lowest BCUT2D eigenvalue weighted by molar-refractivity contribution is -0.144. The number of hydrogen-bond donors (Lipinski definition) is 2. The fourth-order valence-electron chi connectivity index (χ4n) is 3.05. The van der Waals surface area contributed by atoms with Crippen molar-refractivity contribution in [1.82, 2.24) is 15.4 Å². The topological polar surface area (TPSA) is 57.4 Å². The van der Waals surface area contributed by atoms with E-state index < -0.39 is 0 Å². The number of carbonyl (C=O) groups is 1. The Balaban J connectivity index is 1.71. The average Bonchev–Trinajstić information content (AvgIpc) is 2.82. The smallest absolute Gasteiger partial charge is 0.251 e. The van der Waals surface area contributed by atoms with Gasteiger partial charge in [-0.15, -0.1) is 0 Å². The van der Waals surface area contributed by atoms with Gasteiger partial charge in [0.2, 0.25) is 0 Å². The van der Waals surface area contributed by atoms with E-state index in [1.54, 1.807) is 7.11 Å². The third kappa shape index (κ3) is 2.87. The Morgan fingerprint density at radius 3 is 2.73 bits per heavy atom. The molecule has 5 nitrogen and oxygen atoms in total. The quantitative estimate of drug-likeness (QED) is 0.916. The molecule has 1 amide bonds. The van der Waals surface area contributed by atoms with Crippen LogP contribution in [0.2, 0.25) is 0 Å². The maximum absolute atomic E-state index is 12.5. The molecule has 2 aromatic rings. The van der Waals surface area contributed by atoms with Gasteiger partial charge in [-0.2, -0.15) is 5.06 Å². The van der Waals surface area contributed by atoms with E-state index in [0.717, 1.165) is 48.1 Å². The first kappa shape index (κ1) is 15.1. The zero-order valence-corrected chi connectivity index (χ0v) is 13.4. The highest BCUT2D eigenvalue weighted by atomic mass is 16.7. The number of hydrogen-bond acceptors (Lipinski definition) is 3. The molecule has 0 unspecified atom stereocenters. The van der Waals surface area contributed by atoms with Crippen LogP contribution in [-0.4, -0.2) is 42.2 Å². The number of rotatable bonds is 3. The van der Waals surface area contributed by atoms with Crippen molar-refractivity contribution in [3.05, 3.63) is 35.0 Å². The van der Waals surface area contributed by atoms with E-state index in [1.807, 2.05) is 23.3 Å². The van der Waals surface area contributed by atoms with E-state index in [-0.39, 0.29) is 11.9 Å². The monoisotopic (exact) mass is 301 g/mol. The van der Waals surface area contributed by atoms with Crippen molar-refractivity contribution in [1.29, 1.82) is 0 Å².